The zero-order chi connectivity index (χ0) is 25.7. The minimum Gasteiger partial charge on any atom is -0.369 e. The van der Waals surface area contributed by atoms with Crippen LogP contribution in [0.25, 0.3) is 6.08 Å². The van der Waals surface area contributed by atoms with Crippen molar-refractivity contribution in [3.8, 4) is 0 Å². The molecule has 1 atom stereocenters. The molecule has 3 amide bonds. The Labute approximate surface area is 215 Å². The number of hydrogen-bond acceptors (Lipinski definition) is 5. The predicted molar refractivity (Wildman–Crippen MR) is 144 cm³/mol. The van der Waals surface area contributed by atoms with Crippen molar-refractivity contribution < 1.29 is 14.4 Å². The van der Waals surface area contributed by atoms with Gasteiger partial charge in [0.25, 0.3) is 11.1 Å². The second-order valence-corrected chi connectivity index (χ2v) is 11.4. The Morgan fingerprint density at radius 3 is 2.60 bits per heavy atom. The van der Waals surface area contributed by atoms with Gasteiger partial charge in [0.2, 0.25) is 5.91 Å². The molecule has 2 aliphatic heterocycles. The summed E-state index contributed by atoms with van der Waals surface area (Å²) in [6.45, 7) is 10.2. The van der Waals surface area contributed by atoms with Crippen LogP contribution in [0.5, 0.6) is 0 Å². The summed E-state index contributed by atoms with van der Waals surface area (Å²) in [4.78, 5) is 41.6. The monoisotopic (exact) mass is 511 g/mol. The van der Waals surface area contributed by atoms with Crippen molar-refractivity contribution in [3.05, 3.63) is 62.5 Å². The maximum absolute atomic E-state index is 13.0. The summed E-state index contributed by atoms with van der Waals surface area (Å²) < 4.78 is 0. The molecule has 0 unspecified atom stereocenters. The van der Waals surface area contributed by atoms with Gasteiger partial charge in [-0.1, -0.05) is 24.6 Å². The summed E-state index contributed by atoms with van der Waals surface area (Å²) in [7, 11) is 2.06. The van der Waals surface area contributed by atoms with Gasteiger partial charge < -0.3 is 10.2 Å². The highest BCUT2D eigenvalue weighted by atomic mass is 35.5. The highest BCUT2D eigenvalue weighted by Gasteiger charge is 2.37. The number of thioether (sulfide) groups is 1. The molecule has 0 spiro atoms. The molecule has 6 nitrogen and oxygen atoms in total. The third-order valence-electron chi connectivity index (χ3n) is 7.00. The average Bonchev–Trinajstić information content (AvgIpc) is 3.03. The molecule has 2 aromatic carbocycles. The second kappa shape index (κ2) is 9.36. The van der Waals surface area contributed by atoms with Gasteiger partial charge in [-0.2, -0.15) is 0 Å². The number of anilines is 2. The highest BCUT2D eigenvalue weighted by Crippen LogP contribution is 2.45. The molecule has 8 heteroatoms. The molecule has 1 fully saturated rings. The number of rotatable bonds is 4. The quantitative estimate of drug-likeness (QED) is 0.484. The van der Waals surface area contributed by atoms with E-state index >= 15 is 0 Å². The van der Waals surface area contributed by atoms with Crippen LogP contribution in [-0.4, -0.2) is 41.1 Å². The van der Waals surface area contributed by atoms with Crippen molar-refractivity contribution in [1.82, 2.24) is 4.90 Å². The third kappa shape index (κ3) is 4.98. The standard InChI is InChI=1S/C27H30ClN3O3S/c1-15-7-8-19(9-16(15)2)29-24(32)14-31-25(33)23(35-26(31)34)11-18-10-20-17(3)13-27(4,5)30(6)22(20)12-21(18)28/h7-12,17H,13-14H2,1-6H3,(H,29,32)/b23-11-/t17-/m0/s1. The van der Waals surface area contributed by atoms with Gasteiger partial charge in [0, 0.05) is 29.0 Å². The molecule has 0 bridgehead atoms. The first-order valence-corrected chi connectivity index (χ1v) is 12.8. The van der Waals surface area contributed by atoms with Crippen LogP contribution in [0.1, 0.15) is 55.4 Å². The molecule has 184 valence electrons. The Balaban J connectivity index is 1.53. The SMILES string of the molecule is Cc1ccc(NC(=O)CN2C(=O)S/C(=C\c3cc4c(cc3Cl)N(C)C(C)(C)C[C@@H]4C)C2=O)cc1C. The highest BCUT2D eigenvalue weighted by molar-refractivity contribution is 8.18. The molecular formula is C27H30ClN3O3S. The first-order valence-electron chi connectivity index (χ1n) is 11.6. The van der Waals surface area contributed by atoms with Crippen molar-refractivity contribution in [2.24, 2.45) is 0 Å². The zero-order valence-electron chi connectivity index (χ0n) is 20.9. The van der Waals surface area contributed by atoms with Gasteiger partial charge in [-0.05, 0) is 104 Å². The normalized spacial score (nSPS) is 20.4. The number of carbonyl (C=O) groups excluding carboxylic acids is 3. The molecule has 35 heavy (non-hydrogen) atoms. The molecule has 1 saturated heterocycles. The van der Waals surface area contributed by atoms with E-state index in [2.05, 4.69) is 38.0 Å². The van der Waals surface area contributed by atoms with E-state index in [1.54, 1.807) is 12.1 Å². The molecule has 2 aliphatic rings. The van der Waals surface area contributed by atoms with Crippen LogP contribution >= 0.6 is 23.4 Å². The molecule has 0 saturated carbocycles. The van der Waals surface area contributed by atoms with Crippen LogP contribution in [0.2, 0.25) is 5.02 Å². The lowest BCUT2D eigenvalue weighted by molar-refractivity contribution is -0.127. The van der Waals surface area contributed by atoms with Gasteiger partial charge in [0.15, 0.2) is 0 Å². The van der Waals surface area contributed by atoms with Crippen LogP contribution in [0.4, 0.5) is 16.2 Å². The lowest BCUT2D eigenvalue weighted by atomic mass is 9.80. The summed E-state index contributed by atoms with van der Waals surface area (Å²) in [6.07, 6.45) is 2.64. The van der Waals surface area contributed by atoms with Gasteiger partial charge in [0.05, 0.1) is 4.91 Å². The van der Waals surface area contributed by atoms with Crippen LogP contribution < -0.4 is 10.2 Å². The summed E-state index contributed by atoms with van der Waals surface area (Å²) >= 11 is 7.44. The van der Waals surface area contributed by atoms with Crippen molar-refractivity contribution in [2.75, 3.05) is 23.8 Å². The summed E-state index contributed by atoms with van der Waals surface area (Å²) in [5.41, 5.74) is 5.73. The Morgan fingerprint density at radius 1 is 1.20 bits per heavy atom. The van der Waals surface area contributed by atoms with E-state index < -0.39 is 17.1 Å². The second-order valence-electron chi connectivity index (χ2n) is 10.0. The van der Waals surface area contributed by atoms with Crippen LogP contribution in [-0.2, 0) is 9.59 Å². The maximum atomic E-state index is 13.0. The van der Waals surface area contributed by atoms with Crippen molar-refractivity contribution in [2.45, 2.75) is 52.5 Å². The summed E-state index contributed by atoms with van der Waals surface area (Å²) in [5.74, 6) is -0.594. The maximum Gasteiger partial charge on any atom is 0.294 e. The van der Waals surface area contributed by atoms with E-state index in [-0.39, 0.29) is 17.0 Å². The molecular weight excluding hydrogens is 482 g/mol. The summed E-state index contributed by atoms with van der Waals surface area (Å²) in [5, 5.41) is 2.80. The fourth-order valence-corrected chi connectivity index (χ4v) is 5.70. The molecule has 2 aromatic rings. The molecule has 0 aliphatic carbocycles. The van der Waals surface area contributed by atoms with Gasteiger partial charge in [-0.3, -0.25) is 19.3 Å². The Morgan fingerprint density at radius 2 is 1.91 bits per heavy atom. The molecule has 4 rings (SSSR count). The van der Waals surface area contributed by atoms with Gasteiger partial charge >= 0.3 is 0 Å². The Bertz CT molecular complexity index is 1270. The minimum absolute atomic E-state index is 0.0117. The number of hydrogen-bond donors (Lipinski definition) is 1. The van der Waals surface area contributed by atoms with E-state index in [1.165, 1.54) is 0 Å². The fraction of sp³-hybridized carbons (Fsp3) is 0.370. The number of imide groups is 1. The van der Waals surface area contributed by atoms with E-state index in [1.807, 2.05) is 38.1 Å². The fourth-order valence-electron chi connectivity index (χ4n) is 4.66. The van der Waals surface area contributed by atoms with Crippen LogP contribution in [0.15, 0.2) is 35.2 Å². The molecule has 2 heterocycles. The van der Waals surface area contributed by atoms with Gasteiger partial charge in [0.1, 0.15) is 6.54 Å². The lowest BCUT2D eigenvalue weighted by Crippen LogP contribution is -2.45. The Kier molecular flexibility index (Phi) is 6.77. The number of halogens is 1. The zero-order valence-corrected chi connectivity index (χ0v) is 22.4. The van der Waals surface area contributed by atoms with Crippen LogP contribution in [0, 0.1) is 13.8 Å². The average molecular weight is 512 g/mol. The largest absolute Gasteiger partial charge is 0.369 e. The lowest BCUT2D eigenvalue weighted by Gasteiger charge is -2.45. The van der Waals surface area contributed by atoms with Crippen molar-refractivity contribution in [3.63, 3.8) is 0 Å². The minimum atomic E-state index is -0.490. The Hall–Kier alpha value is -2.77. The number of benzene rings is 2. The van der Waals surface area contributed by atoms with Gasteiger partial charge in [-0.15, -0.1) is 0 Å². The van der Waals surface area contributed by atoms with E-state index in [0.717, 1.165) is 45.5 Å². The third-order valence-corrected chi connectivity index (χ3v) is 8.24. The number of nitrogens with one attached hydrogen (secondary N) is 1. The number of fused-ring (bicyclic) bond motifs is 1. The topological polar surface area (TPSA) is 69.7 Å². The predicted octanol–water partition coefficient (Wildman–Crippen LogP) is 6.35. The van der Waals surface area contributed by atoms with E-state index in [9.17, 15) is 14.4 Å². The first-order chi connectivity index (χ1) is 16.4. The van der Waals surface area contributed by atoms with Gasteiger partial charge in [-0.25, -0.2) is 0 Å². The molecule has 0 aromatic heterocycles. The summed E-state index contributed by atoms with van der Waals surface area (Å²) in [6, 6.07) is 9.51. The molecule has 1 N–H and O–H groups in total. The van der Waals surface area contributed by atoms with Crippen LogP contribution in [0.3, 0.4) is 0 Å². The number of carbonyl (C=O) groups is 3. The van der Waals surface area contributed by atoms with Crippen molar-refractivity contribution in [1.29, 1.82) is 0 Å². The molecule has 0 radical (unpaired) electrons. The van der Waals surface area contributed by atoms with Crippen molar-refractivity contribution >= 4 is 57.9 Å². The van der Waals surface area contributed by atoms with E-state index in [0.29, 0.717) is 22.2 Å². The number of amides is 3. The first kappa shape index (κ1) is 25.3. The van der Waals surface area contributed by atoms with E-state index in [4.69, 9.17) is 11.6 Å². The smallest absolute Gasteiger partial charge is 0.294 e. The number of nitrogens with zero attached hydrogens (tertiary/aromatic N) is 2. The number of aryl methyl sites for hydroxylation is 2.